The monoisotopic (exact) mass is 224 g/mol. The molecule has 3 heteroatoms. The predicted molar refractivity (Wildman–Crippen MR) is 65.5 cm³/mol. The van der Waals surface area contributed by atoms with Crippen molar-refractivity contribution in [2.45, 2.75) is 31.8 Å². The summed E-state index contributed by atoms with van der Waals surface area (Å²) < 4.78 is 0. The lowest BCUT2D eigenvalue weighted by Gasteiger charge is -2.34. The second-order valence-electron chi connectivity index (χ2n) is 4.84. The number of hydrogen-bond donors (Lipinski definition) is 1. The molecule has 0 saturated carbocycles. The largest absolute Gasteiger partial charge is 0.364 e. The summed E-state index contributed by atoms with van der Waals surface area (Å²) in [6.45, 7) is 5.31. The van der Waals surface area contributed by atoms with Gasteiger partial charge < -0.3 is 10.6 Å². The Hall–Kier alpha value is -0.730. The van der Waals surface area contributed by atoms with E-state index in [-0.39, 0.29) is 11.6 Å². The van der Waals surface area contributed by atoms with E-state index < -0.39 is 0 Å². The molecule has 2 N–H and O–H groups in total. The highest BCUT2D eigenvalue weighted by atomic mass is 35.5. The second-order valence-corrected chi connectivity index (χ2v) is 5.25. The molecule has 2 nitrogen and oxygen atoms in total. The number of para-hydroxylation sites is 1. The fourth-order valence-corrected chi connectivity index (χ4v) is 2.63. The third-order valence-corrected chi connectivity index (χ3v) is 3.37. The summed E-state index contributed by atoms with van der Waals surface area (Å²) in [7, 11) is 0. The maximum atomic E-state index is 6.20. The number of benzene rings is 1. The van der Waals surface area contributed by atoms with Crippen molar-refractivity contribution >= 4 is 17.3 Å². The number of nitrogens with zero attached hydrogens (tertiary/aromatic N) is 1. The average molecular weight is 225 g/mol. The highest BCUT2D eigenvalue weighted by molar-refractivity contribution is 6.33. The zero-order valence-electron chi connectivity index (χ0n) is 9.20. The van der Waals surface area contributed by atoms with Gasteiger partial charge in [0.05, 0.1) is 10.7 Å². The molecule has 0 radical (unpaired) electrons. The maximum Gasteiger partial charge on any atom is 0.0639 e. The summed E-state index contributed by atoms with van der Waals surface area (Å²) in [5, 5.41) is 0.805. The standard InChI is InChI=1S/C12H17ClN2/c1-12(2)7-9(14)8-15(12)11-6-4-3-5-10(11)13/h3-6,9H,7-8,14H2,1-2H3. The van der Waals surface area contributed by atoms with Crippen LogP contribution >= 0.6 is 11.6 Å². The van der Waals surface area contributed by atoms with Crippen molar-refractivity contribution in [3.63, 3.8) is 0 Å². The SMILES string of the molecule is CC1(C)CC(N)CN1c1ccccc1Cl. The molecule has 1 atom stereocenters. The van der Waals surface area contributed by atoms with Crippen molar-refractivity contribution in [2.24, 2.45) is 5.73 Å². The van der Waals surface area contributed by atoms with E-state index in [0.29, 0.717) is 0 Å². The first-order valence-electron chi connectivity index (χ1n) is 5.28. The number of rotatable bonds is 1. The Morgan fingerprint density at radius 3 is 2.60 bits per heavy atom. The Balaban J connectivity index is 2.36. The summed E-state index contributed by atoms with van der Waals surface area (Å²) in [4.78, 5) is 2.31. The highest BCUT2D eigenvalue weighted by Gasteiger charge is 2.37. The van der Waals surface area contributed by atoms with Gasteiger partial charge in [-0.3, -0.25) is 0 Å². The summed E-state index contributed by atoms with van der Waals surface area (Å²) >= 11 is 6.20. The minimum Gasteiger partial charge on any atom is -0.364 e. The molecule has 1 aromatic rings. The Morgan fingerprint density at radius 2 is 2.07 bits per heavy atom. The molecule has 1 heterocycles. The molecule has 0 amide bonds. The molecule has 0 aromatic heterocycles. The normalized spacial score (nSPS) is 24.5. The van der Waals surface area contributed by atoms with Crippen LogP contribution in [0.3, 0.4) is 0 Å². The van der Waals surface area contributed by atoms with Crippen LogP contribution in [0.2, 0.25) is 5.02 Å². The molecule has 0 aliphatic carbocycles. The van der Waals surface area contributed by atoms with E-state index in [4.69, 9.17) is 17.3 Å². The third-order valence-electron chi connectivity index (χ3n) is 3.05. The molecule has 1 fully saturated rings. The van der Waals surface area contributed by atoms with E-state index in [1.807, 2.05) is 18.2 Å². The average Bonchev–Trinajstić information content (AvgIpc) is 2.40. The van der Waals surface area contributed by atoms with Gasteiger partial charge in [0.2, 0.25) is 0 Å². The van der Waals surface area contributed by atoms with Gasteiger partial charge >= 0.3 is 0 Å². The van der Waals surface area contributed by atoms with Crippen LogP contribution in [0.25, 0.3) is 0 Å². The Morgan fingerprint density at radius 1 is 1.40 bits per heavy atom. The van der Waals surface area contributed by atoms with E-state index in [2.05, 4.69) is 24.8 Å². The van der Waals surface area contributed by atoms with E-state index in [1.165, 1.54) is 0 Å². The van der Waals surface area contributed by atoms with Crippen LogP contribution < -0.4 is 10.6 Å². The molecule has 1 aromatic carbocycles. The van der Waals surface area contributed by atoms with Gasteiger partial charge in [-0.1, -0.05) is 23.7 Å². The number of anilines is 1. The van der Waals surface area contributed by atoms with E-state index >= 15 is 0 Å². The Kier molecular flexibility index (Phi) is 2.65. The van der Waals surface area contributed by atoms with Gasteiger partial charge in [-0.2, -0.15) is 0 Å². The topological polar surface area (TPSA) is 29.3 Å². The van der Waals surface area contributed by atoms with Gasteiger partial charge in [0.1, 0.15) is 0 Å². The molecule has 1 aliphatic heterocycles. The molecule has 82 valence electrons. The van der Waals surface area contributed by atoms with Gasteiger partial charge in [0.15, 0.2) is 0 Å². The molecular formula is C12H17ClN2. The molecular weight excluding hydrogens is 208 g/mol. The third kappa shape index (κ3) is 1.97. The molecule has 0 spiro atoms. The fourth-order valence-electron chi connectivity index (χ4n) is 2.39. The zero-order chi connectivity index (χ0) is 11.1. The maximum absolute atomic E-state index is 6.20. The van der Waals surface area contributed by atoms with Crippen molar-refractivity contribution in [3.05, 3.63) is 29.3 Å². The van der Waals surface area contributed by atoms with E-state index in [0.717, 1.165) is 23.7 Å². The lowest BCUT2D eigenvalue weighted by molar-refractivity contribution is 0.506. The van der Waals surface area contributed by atoms with Gasteiger partial charge in [0, 0.05) is 18.1 Å². The number of hydrogen-bond acceptors (Lipinski definition) is 2. The zero-order valence-corrected chi connectivity index (χ0v) is 9.96. The van der Waals surface area contributed by atoms with E-state index in [1.54, 1.807) is 0 Å². The summed E-state index contributed by atoms with van der Waals surface area (Å²) in [5.74, 6) is 0. The van der Waals surface area contributed by atoms with Crippen LogP contribution in [0.1, 0.15) is 20.3 Å². The van der Waals surface area contributed by atoms with Crippen LogP contribution in [-0.2, 0) is 0 Å². The van der Waals surface area contributed by atoms with Crippen LogP contribution in [0.5, 0.6) is 0 Å². The minimum atomic E-state index is 0.102. The molecule has 0 bridgehead atoms. The first-order valence-corrected chi connectivity index (χ1v) is 5.66. The van der Waals surface area contributed by atoms with Gasteiger partial charge in [-0.05, 0) is 32.4 Å². The molecule has 2 rings (SSSR count). The van der Waals surface area contributed by atoms with Gasteiger partial charge in [-0.15, -0.1) is 0 Å². The van der Waals surface area contributed by atoms with Crippen molar-refractivity contribution in [3.8, 4) is 0 Å². The van der Waals surface area contributed by atoms with Crippen LogP contribution in [0.15, 0.2) is 24.3 Å². The second kappa shape index (κ2) is 3.69. The lowest BCUT2D eigenvalue weighted by Crippen LogP contribution is -2.38. The number of nitrogens with two attached hydrogens (primary N) is 1. The van der Waals surface area contributed by atoms with Crippen LogP contribution in [-0.4, -0.2) is 18.1 Å². The van der Waals surface area contributed by atoms with Gasteiger partial charge in [-0.25, -0.2) is 0 Å². The van der Waals surface area contributed by atoms with Crippen LogP contribution in [0.4, 0.5) is 5.69 Å². The predicted octanol–water partition coefficient (Wildman–Crippen LogP) is 2.66. The molecule has 15 heavy (non-hydrogen) atoms. The summed E-state index contributed by atoms with van der Waals surface area (Å²) in [6, 6.07) is 8.20. The fraction of sp³-hybridized carbons (Fsp3) is 0.500. The molecule has 1 unspecified atom stereocenters. The summed E-state index contributed by atoms with van der Waals surface area (Å²) in [5.41, 5.74) is 7.20. The minimum absolute atomic E-state index is 0.102. The number of halogens is 1. The van der Waals surface area contributed by atoms with Crippen LogP contribution in [0, 0.1) is 0 Å². The summed E-state index contributed by atoms with van der Waals surface area (Å²) in [6.07, 6.45) is 1.01. The first-order chi connectivity index (χ1) is 7.00. The quantitative estimate of drug-likeness (QED) is 0.795. The Bertz CT molecular complexity index is 362. The van der Waals surface area contributed by atoms with E-state index in [9.17, 15) is 0 Å². The molecule has 1 aliphatic rings. The molecule has 1 saturated heterocycles. The van der Waals surface area contributed by atoms with Crippen molar-refractivity contribution in [1.82, 2.24) is 0 Å². The lowest BCUT2D eigenvalue weighted by atomic mass is 10.00. The highest BCUT2D eigenvalue weighted by Crippen LogP contribution is 2.36. The first kappa shape index (κ1) is 10.8. The van der Waals surface area contributed by atoms with Crippen molar-refractivity contribution in [1.29, 1.82) is 0 Å². The van der Waals surface area contributed by atoms with Gasteiger partial charge in [0.25, 0.3) is 0 Å². The Labute approximate surface area is 96.0 Å². The smallest absolute Gasteiger partial charge is 0.0639 e. The van der Waals surface area contributed by atoms with Crippen molar-refractivity contribution < 1.29 is 0 Å². The van der Waals surface area contributed by atoms with Crippen molar-refractivity contribution in [2.75, 3.05) is 11.4 Å².